The number of allylic oxidation sites excluding steroid dienone is 4. The van der Waals surface area contributed by atoms with E-state index in [1.807, 2.05) is 6.08 Å². The Hall–Kier alpha value is -3.19. The fraction of sp³-hybridized carbons (Fsp3) is 0.571. The summed E-state index contributed by atoms with van der Waals surface area (Å²) in [6, 6.07) is 6.82. The SMILES string of the molecule is C=CC(/C=C\OCc1cc(COC(CC)=[N+](CCCC)CCCN)cc(CN2CCC[N+]3=C2CCCCC3)c1)=C/C=N. The zero-order chi connectivity index (χ0) is 30.0. The fourth-order valence-corrected chi connectivity index (χ4v) is 5.85. The number of ether oxygens (including phenoxy) is 2. The largest absolute Gasteiger partial charge is 0.496 e. The zero-order valence-corrected chi connectivity index (χ0v) is 26.3. The lowest BCUT2D eigenvalue weighted by Gasteiger charge is -2.26. The number of amidine groups is 1. The molecule has 0 fully saturated rings. The molecule has 0 saturated heterocycles. The lowest BCUT2D eigenvalue weighted by atomic mass is 10.0. The van der Waals surface area contributed by atoms with Crippen LogP contribution in [0.15, 0.2) is 54.8 Å². The minimum Gasteiger partial charge on any atom is -0.496 e. The second kappa shape index (κ2) is 19.1. The van der Waals surface area contributed by atoms with E-state index in [0.29, 0.717) is 19.8 Å². The van der Waals surface area contributed by atoms with Crippen LogP contribution in [0.1, 0.15) is 88.3 Å². The van der Waals surface area contributed by atoms with Gasteiger partial charge in [-0.3, -0.25) is 9.48 Å². The highest BCUT2D eigenvalue weighted by Crippen LogP contribution is 2.20. The van der Waals surface area contributed by atoms with Crippen LogP contribution >= 0.6 is 0 Å². The van der Waals surface area contributed by atoms with Crippen molar-refractivity contribution >= 4 is 17.9 Å². The lowest BCUT2D eigenvalue weighted by Crippen LogP contribution is -2.43. The van der Waals surface area contributed by atoms with Gasteiger partial charge in [-0.1, -0.05) is 32.9 Å². The molecule has 42 heavy (non-hydrogen) atoms. The molecule has 0 unspecified atom stereocenters. The predicted octanol–water partition coefficient (Wildman–Crippen LogP) is 6.16. The predicted molar refractivity (Wildman–Crippen MR) is 175 cm³/mol. The number of nitrogens with one attached hydrogen (secondary N) is 1. The Labute approximate surface area is 254 Å². The van der Waals surface area contributed by atoms with Crippen LogP contribution in [-0.4, -0.2) is 71.3 Å². The van der Waals surface area contributed by atoms with Gasteiger partial charge in [0.25, 0.3) is 0 Å². The molecule has 3 rings (SSSR count). The summed E-state index contributed by atoms with van der Waals surface area (Å²) in [5.41, 5.74) is 10.3. The Balaban J connectivity index is 1.83. The van der Waals surface area contributed by atoms with Gasteiger partial charge in [-0.15, -0.1) is 0 Å². The molecule has 0 saturated carbocycles. The molecule has 0 atom stereocenters. The molecule has 0 amide bonds. The molecule has 1 aromatic rings. The molecule has 230 valence electrons. The van der Waals surface area contributed by atoms with E-state index < -0.39 is 0 Å². The summed E-state index contributed by atoms with van der Waals surface area (Å²) in [4.78, 5) is 2.61. The Morgan fingerprint density at radius 1 is 1.05 bits per heavy atom. The van der Waals surface area contributed by atoms with Crippen molar-refractivity contribution in [1.82, 2.24) is 4.90 Å². The smallest absolute Gasteiger partial charge is 0.336 e. The van der Waals surface area contributed by atoms with Crippen molar-refractivity contribution < 1.29 is 18.6 Å². The molecule has 7 heteroatoms. The number of nitrogens with zero attached hydrogens (tertiary/aromatic N) is 3. The molecule has 0 aromatic heterocycles. The maximum absolute atomic E-state index is 7.29. The van der Waals surface area contributed by atoms with Crippen molar-refractivity contribution in [2.24, 2.45) is 5.73 Å². The molecule has 2 aliphatic rings. The van der Waals surface area contributed by atoms with Crippen molar-refractivity contribution in [3.8, 4) is 0 Å². The fourth-order valence-electron chi connectivity index (χ4n) is 5.85. The average Bonchev–Trinajstić information content (AvgIpc) is 3.26. The molecule has 1 aromatic carbocycles. The first-order valence-electron chi connectivity index (χ1n) is 16.1. The summed E-state index contributed by atoms with van der Waals surface area (Å²) < 4.78 is 17.5. The zero-order valence-electron chi connectivity index (χ0n) is 26.3. The number of rotatable bonds is 17. The summed E-state index contributed by atoms with van der Waals surface area (Å²) >= 11 is 0. The van der Waals surface area contributed by atoms with Gasteiger partial charge in [0.15, 0.2) is 0 Å². The van der Waals surface area contributed by atoms with E-state index in [-0.39, 0.29) is 0 Å². The van der Waals surface area contributed by atoms with E-state index in [2.05, 4.69) is 52.7 Å². The number of benzene rings is 1. The van der Waals surface area contributed by atoms with Crippen LogP contribution in [0, 0.1) is 5.41 Å². The average molecular weight is 578 g/mol. The van der Waals surface area contributed by atoms with Gasteiger partial charge in [-0.05, 0) is 78.4 Å². The molecular weight excluding hydrogens is 522 g/mol. The Kier molecular flexibility index (Phi) is 15.1. The third-order valence-electron chi connectivity index (χ3n) is 7.99. The van der Waals surface area contributed by atoms with E-state index in [4.69, 9.17) is 20.6 Å². The van der Waals surface area contributed by atoms with Gasteiger partial charge in [0, 0.05) is 31.9 Å². The van der Waals surface area contributed by atoms with Crippen LogP contribution < -0.4 is 5.73 Å². The van der Waals surface area contributed by atoms with Crippen molar-refractivity contribution in [2.75, 3.05) is 39.3 Å². The van der Waals surface area contributed by atoms with Crippen LogP contribution in [0.25, 0.3) is 0 Å². The van der Waals surface area contributed by atoms with Gasteiger partial charge in [-0.25, -0.2) is 4.58 Å². The maximum Gasteiger partial charge on any atom is 0.336 e. The van der Waals surface area contributed by atoms with Crippen molar-refractivity contribution in [3.05, 3.63) is 71.5 Å². The van der Waals surface area contributed by atoms with Crippen molar-refractivity contribution in [1.29, 1.82) is 5.41 Å². The minimum absolute atomic E-state index is 0.471. The van der Waals surface area contributed by atoms with Gasteiger partial charge < -0.3 is 20.6 Å². The number of hydrogen-bond acceptors (Lipinski definition) is 5. The third-order valence-corrected chi connectivity index (χ3v) is 7.99. The highest BCUT2D eigenvalue weighted by Gasteiger charge is 2.28. The Morgan fingerprint density at radius 2 is 1.81 bits per heavy atom. The van der Waals surface area contributed by atoms with Crippen molar-refractivity contribution in [3.63, 3.8) is 0 Å². The van der Waals surface area contributed by atoms with Crippen molar-refractivity contribution in [2.45, 2.75) is 91.4 Å². The van der Waals surface area contributed by atoms with E-state index in [9.17, 15) is 0 Å². The van der Waals surface area contributed by atoms with Crippen LogP contribution in [0.4, 0.5) is 0 Å². The monoisotopic (exact) mass is 577 g/mol. The highest BCUT2D eigenvalue weighted by atomic mass is 16.5. The van der Waals surface area contributed by atoms with Gasteiger partial charge in [-0.2, -0.15) is 0 Å². The maximum atomic E-state index is 7.29. The van der Waals surface area contributed by atoms with Gasteiger partial charge in [0.2, 0.25) is 5.84 Å². The quantitative estimate of drug-likeness (QED) is 0.0765. The van der Waals surface area contributed by atoms with E-state index in [0.717, 1.165) is 68.9 Å². The second-order valence-corrected chi connectivity index (χ2v) is 11.3. The second-order valence-electron chi connectivity index (χ2n) is 11.3. The first-order chi connectivity index (χ1) is 20.6. The van der Waals surface area contributed by atoms with E-state index in [1.54, 1.807) is 18.4 Å². The first kappa shape index (κ1) is 33.3. The molecule has 2 heterocycles. The van der Waals surface area contributed by atoms with Crippen LogP contribution in [-0.2, 0) is 29.2 Å². The van der Waals surface area contributed by atoms with E-state index >= 15 is 0 Å². The molecule has 0 bridgehead atoms. The van der Waals surface area contributed by atoms with E-state index in [1.165, 1.54) is 68.4 Å². The van der Waals surface area contributed by atoms with Crippen LogP contribution in [0.3, 0.4) is 0 Å². The molecule has 2 aliphatic heterocycles. The first-order valence-corrected chi connectivity index (χ1v) is 16.1. The summed E-state index contributed by atoms with van der Waals surface area (Å²) in [5, 5.41) is 7.29. The van der Waals surface area contributed by atoms with Gasteiger partial charge in [0.05, 0.1) is 32.3 Å². The normalized spacial score (nSPS) is 16.6. The Bertz CT molecular complexity index is 1120. The topological polar surface area (TPSA) is 77.6 Å². The van der Waals surface area contributed by atoms with Crippen LogP contribution in [0.2, 0.25) is 0 Å². The molecule has 0 aliphatic carbocycles. The lowest BCUT2D eigenvalue weighted by molar-refractivity contribution is -0.539. The number of nitrogens with two attached hydrogens (primary N) is 1. The molecule has 3 N–H and O–H groups in total. The summed E-state index contributed by atoms with van der Waals surface area (Å²) in [6.07, 6.45) is 18.7. The third kappa shape index (κ3) is 10.9. The molecular formula is C35H55N5O2+2. The molecule has 0 radical (unpaired) electrons. The summed E-state index contributed by atoms with van der Waals surface area (Å²) in [5.74, 6) is 2.59. The minimum atomic E-state index is 0.471. The number of unbranched alkanes of at least 4 members (excludes halogenated alkanes) is 1. The van der Waals surface area contributed by atoms with Crippen LogP contribution in [0.5, 0.6) is 0 Å². The highest BCUT2D eigenvalue weighted by molar-refractivity contribution is 5.78. The molecule has 0 spiro atoms. The summed E-state index contributed by atoms with van der Waals surface area (Å²) in [6.45, 7) is 16.3. The van der Waals surface area contributed by atoms with Gasteiger partial charge in [0.1, 0.15) is 32.8 Å². The van der Waals surface area contributed by atoms with Gasteiger partial charge >= 0.3 is 5.90 Å². The standard InChI is InChI=1S/C35H55N5O2/c1-4-7-18-39(20-11-16-36)35(6-3)42-29-33-25-31(24-32(26-33)28-41-23-15-30(5-2)14-17-37)27-40-22-12-21-38-19-10-8-9-13-34(38)40/h5,14-15,17,23-26,37H,2,4,6-13,16,18-22,27-29,36H2,1,3H3/q+2/b23-15-,30-14-,37-17?,39-35?. The number of hydrogen-bond donors (Lipinski definition) is 2. The molecule has 7 nitrogen and oxygen atoms in total. The Morgan fingerprint density at radius 3 is 2.55 bits per heavy atom. The summed E-state index contributed by atoms with van der Waals surface area (Å²) in [7, 11) is 0.